The van der Waals surface area contributed by atoms with Gasteiger partial charge in [-0.25, -0.2) is 18.9 Å². The molecule has 1 heterocycles. The lowest BCUT2D eigenvalue weighted by atomic mass is 10.1. The first-order valence-electron chi connectivity index (χ1n) is 14.9. The number of halogens is 2. The van der Waals surface area contributed by atoms with Crippen LogP contribution in [0.2, 0.25) is 10.6 Å². The summed E-state index contributed by atoms with van der Waals surface area (Å²) in [6.45, 7) is -0.504. The molecule has 59 heavy (non-hydrogen) atoms. The Kier molecular flexibility index (Phi) is 14.9. The fraction of sp³-hybridized carbons (Fsp3) is 0.0741. The molecule has 0 aliphatic rings. The first-order valence-corrected chi connectivity index (χ1v) is 21.6. The Bertz CT molecular complexity index is 2790. The molecule has 25 nitrogen and oxygen atoms in total. The van der Waals surface area contributed by atoms with Crippen LogP contribution in [0.3, 0.4) is 0 Å². The zero-order valence-corrected chi connectivity index (χ0v) is 33.9. The van der Waals surface area contributed by atoms with Crippen molar-refractivity contribution in [1.29, 1.82) is 0 Å². The van der Waals surface area contributed by atoms with E-state index < -0.39 is 79.9 Å². The molecule has 0 atom stereocenters. The van der Waals surface area contributed by atoms with E-state index in [0.29, 0.717) is 6.07 Å². The van der Waals surface area contributed by atoms with Gasteiger partial charge in [-0.1, -0.05) is 10.1 Å². The number of aromatic nitrogens is 3. The van der Waals surface area contributed by atoms with Crippen molar-refractivity contribution >= 4 is 128 Å². The highest BCUT2D eigenvalue weighted by molar-refractivity contribution is 7.94. The maximum atomic E-state index is 12.8. The number of hydrogen-bond donors (Lipinski definition) is 7. The second-order valence-corrected chi connectivity index (χ2v) is 17.5. The molecule has 314 valence electrons. The second-order valence-electron chi connectivity index (χ2n) is 10.7. The van der Waals surface area contributed by atoms with Crippen molar-refractivity contribution in [3.8, 4) is 5.75 Å². The summed E-state index contributed by atoms with van der Waals surface area (Å²) < 4.78 is 108. The number of phenols is 1. The van der Waals surface area contributed by atoms with Gasteiger partial charge in [-0.15, -0.1) is 29.1 Å². The molecule has 8 N–H and O–H groups in total. The van der Waals surface area contributed by atoms with Gasteiger partial charge in [0.25, 0.3) is 20.2 Å². The molecule has 0 radical (unpaired) electrons. The second kappa shape index (κ2) is 19.3. The summed E-state index contributed by atoms with van der Waals surface area (Å²) in [5.41, 5.74) is 4.41. The van der Waals surface area contributed by atoms with Crippen LogP contribution in [0.4, 0.5) is 40.1 Å². The van der Waals surface area contributed by atoms with Gasteiger partial charge in [0, 0.05) is 16.5 Å². The van der Waals surface area contributed by atoms with Crippen LogP contribution in [0.15, 0.2) is 94.6 Å². The van der Waals surface area contributed by atoms with Crippen LogP contribution in [0.5, 0.6) is 5.75 Å². The molecule has 0 fully saturated rings. The number of aromatic hydroxyl groups is 1. The van der Waals surface area contributed by atoms with E-state index in [2.05, 4.69) is 59.5 Å². The number of nitrogens with one attached hydrogen (secondary N) is 1. The predicted octanol–water partition coefficient (Wildman–Crippen LogP) is 6.89. The van der Waals surface area contributed by atoms with E-state index in [1.807, 2.05) is 0 Å². The lowest BCUT2D eigenvalue weighted by molar-refractivity contribution is -0.434. The molecule has 0 spiro atoms. The van der Waals surface area contributed by atoms with E-state index in [-0.39, 0.29) is 73.6 Å². The van der Waals surface area contributed by atoms with Crippen molar-refractivity contribution in [1.82, 2.24) is 15.0 Å². The number of benzene rings is 4. The van der Waals surface area contributed by atoms with Gasteiger partial charge in [0.1, 0.15) is 32.5 Å². The van der Waals surface area contributed by atoms with Crippen molar-refractivity contribution in [3.63, 3.8) is 0 Å². The summed E-state index contributed by atoms with van der Waals surface area (Å²) in [4.78, 5) is 8.80. The Morgan fingerprint density at radius 2 is 1.41 bits per heavy atom. The van der Waals surface area contributed by atoms with Crippen LogP contribution in [0, 0.1) is 0 Å². The number of phenolic OH excluding ortho intramolecular Hbond substituents is 1. The molecular weight excluding hydrogens is 938 g/mol. The minimum Gasteiger partial charge on any atom is -0.505 e. The van der Waals surface area contributed by atoms with Gasteiger partial charge in [0.15, 0.2) is 27.9 Å². The van der Waals surface area contributed by atoms with Gasteiger partial charge >= 0.3 is 0 Å². The van der Waals surface area contributed by atoms with Gasteiger partial charge in [-0.3, -0.25) is 13.3 Å². The van der Waals surface area contributed by atoms with Gasteiger partial charge in [0.2, 0.25) is 16.5 Å². The summed E-state index contributed by atoms with van der Waals surface area (Å²) in [5.74, 6) is -1.55. The molecule has 5 aromatic rings. The lowest BCUT2D eigenvalue weighted by Crippen LogP contribution is -2.12. The number of anilines is 3. The van der Waals surface area contributed by atoms with Crippen LogP contribution in [0.25, 0.3) is 10.8 Å². The molecule has 0 unspecified atom stereocenters. The topological polar surface area (TPSA) is 376 Å². The van der Waals surface area contributed by atoms with E-state index in [1.54, 1.807) is 0 Å². The van der Waals surface area contributed by atoms with E-state index >= 15 is 0 Å². The van der Waals surface area contributed by atoms with Gasteiger partial charge < -0.3 is 16.2 Å². The van der Waals surface area contributed by atoms with Crippen LogP contribution < -0.4 is 11.1 Å². The van der Waals surface area contributed by atoms with E-state index in [1.165, 1.54) is 24.3 Å². The third-order valence-electron chi connectivity index (χ3n) is 7.09. The first kappa shape index (κ1) is 45.6. The number of rotatable bonds is 18. The Morgan fingerprint density at radius 1 is 0.746 bits per heavy atom. The molecule has 32 heteroatoms. The molecule has 4 aromatic carbocycles. The summed E-state index contributed by atoms with van der Waals surface area (Å²) in [5, 5.41) is 53.2. The molecule has 0 amide bonds. The van der Waals surface area contributed by atoms with Crippen LogP contribution in [-0.2, 0) is 53.0 Å². The number of hydrogen-bond acceptors (Lipinski definition) is 25. The van der Waals surface area contributed by atoms with Crippen molar-refractivity contribution in [2.45, 2.75) is 19.6 Å². The fourth-order valence-electron chi connectivity index (χ4n) is 4.66. The number of sulfone groups is 1. The highest BCUT2D eigenvalue weighted by Crippen LogP contribution is 2.48. The maximum Gasteiger partial charge on any atom is 0.296 e. The fourth-order valence-corrected chi connectivity index (χ4v) is 8.27. The molecule has 5 rings (SSSR count). The third kappa shape index (κ3) is 11.6. The first-order chi connectivity index (χ1) is 27.8. The molecule has 0 saturated heterocycles. The van der Waals surface area contributed by atoms with Crippen molar-refractivity contribution in [2.75, 3.05) is 23.4 Å². The van der Waals surface area contributed by atoms with Crippen LogP contribution in [-0.4, -0.2) is 77.3 Å². The standard InChI is InChI=1S/C27H21Cl2N9O16S5/c28-25-32-26(29)34-27(33-25)31-12-1-6-20(58(44,45)46)18(9-12)36-38-23-19(55-53-51-40)11-15-14(24(23)39)3-4-16(30)22(15)37-35-17-5-2-13(10-21(17)59(47,48)49)57(42,43)8-7-50-56-54-52-41/h1-6,9-11,39-41H,7-8,30H2,(H,44,45,46)(H,47,48,49)(H,31,32,33,34). The SMILES string of the molecule is Nc1ccc2c(O)c(N=Nc3cc(Nc4nc(Cl)nc(Cl)n4)ccc3S(=O)(=O)O)c(SOOO)cc2c1N=Nc1ccc(S(=O)(=O)CCOSOOO)cc1S(=O)(=O)O. The molecule has 0 aliphatic heterocycles. The molecule has 0 saturated carbocycles. The normalized spacial score (nSPS) is 12.6. The highest BCUT2D eigenvalue weighted by Gasteiger charge is 2.24. The lowest BCUT2D eigenvalue weighted by Gasteiger charge is -2.12. The Balaban J connectivity index is 1.57. The summed E-state index contributed by atoms with van der Waals surface area (Å²) in [6.07, 6.45) is 0. The largest absolute Gasteiger partial charge is 0.505 e. The number of fused-ring (bicyclic) bond motifs is 1. The Hall–Kier alpha value is -4.48. The third-order valence-corrected chi connectivity index (χ3v) is 11.9. The average Bonchev–Trinajstić information content (AvgIpc) is 3.15. The Morgan fingerprint density at radius 3 is 2.07 bits per heavy atom. The number of azo groups is 2. The Labute approximate surface area is 348 Å². The van der Waals surface area contributed by atoms with Gasteiger partial charge in [-0.2, -0.15) is 31.8 Å². The zero-order valence-electron chi connectivity index (χ0n) is 28.3. The molecule has 1 aromatic heterocycles. The minimum absolute atomic E-state index is 0.0326. The van der Waals surface area contributed by atoms with Crippen LogP contribution >= 0.6 is 47.6 Å². The summed E-state index contributed by atoms with van der Waals surface area (Å²) in [6, 6.07) is 9.52. The molecular formula is C27H21Cl2N9O16S5. The zero-order chi connectivity index (χ0) is 43.1. The van der Waals surface area contributed by atoms with E-state index in [0.717, 1.165) is 24.3 Å². The van der Waals surface area contributed by atoms with Crippen molar-refractivity contribution in [2.24, 2.45) is 20.5 Å². The van der Waals surface area contributed by atoms with Gasteiger partial charge in [-0.05, 0) is 77.8 Å². The quantitative estimate of drug-likeness (QED) is 0.00893. The predicted molar refractivity (Wildman–Crippen MR) is 205 cm³/mol. The molecule has 0 aliphatic carbocycles. The maximum absolute atomic E-state index is 12.8. The minimum atomic E-state index is -5.14. The van der Waals surface area contributed by atoms with E-state index in [4.69, 9.17) is 43.6 Å². The monoisotopic (exact) mass is 957 g/mol. The van der Waals surface area contributed by atoms with E-state index in [9.17, 15) is 39.5 Å². The number of nitrogens with two attached hydrogens (primary N) is 1. The number of nitrogens with zero attached hydrogens (tertiary/aromatic N) is 7. The summed E-state index contributed by atoms with van der Waals surface area (Å²) >= 11 is 12.0. The van der Waals surface area contributed by atoms with Crippen LogP contribution in [0.1, 0.15) is 0 Å². The highest BCUT2D eigenvalue weighted by atomic mass is 35.5. The average molecular weight is 959 g/mol. The smallest absolute Gasteiger partial charge is 0.296 e. The molecule has 0 bridgehead atoms. The van der Waals surface area contributed by atoms with Gasteiger partial charge in [0.05, 0.1) is 39.9 Å². The number of nitrogen functional groups attached to an aromatic ring is 1. The van der Waals surface area contributed by atoms with Crippen molar-refractivity contribution in [3.05, 3.63) is 65.2 Å². The summed E-state index contributed by atoms with van der Waals surface area (Å²) in [7, 11) is -14.3. The van der Waals surface area contributed by atoms with Crippen molar-refractivity contribution < 1.29 is 72.9 Å².